The standard InChI is InChI=1S/C30H26F3N5O3/c1-15-18-4-2-3-5-19(18)24(33)14-37(15)29(39)26-11-28(36-12-17(31)13-36)38-27(34-26)10-25(35-38)20-7-6-16(8-23(20)32)21-9-22(21)30(40)41/h2-8,10-11,15,17,21-22,24H,9,12-14H2,1H3,(H,40,41)/t15-,21-,22+,24+/m1/s1. The van der Waals surface area contributed by atoms with Crippen LogP contribution in [0.4, 0.5) is 19.0 Å². The maximum absolute atomic E-state index is 15.2. The number of carboxylic acid groups (broad SMARTS) is 1. The number of carbonyl (C=O) groups is 2. The van der Waals surface area contributed by atoms with Gasteiger partial charge >= 0.3 is 5.97 Å². The topological polar surface area (TPSA) is 91.0 Å². The molecule has 4 aromatic rings. The summed E-state index contributed by atoms with van der Waals surface area (Å²) in [4.78, 5) is 32.7. The summed E-state index contributed by atoms with van der Waals surface area (Å²) in [5.41, 5.74) is 2.70. The molecule has 4 heterocycles. The second-order valence-corrected chi connectivity index (χ2v) is 11.1. The minimum atomic E-state index is -1.34. The average molecular weight is 562 g/mol. The van der Waals surface area contributed by atoms with Gasteiger partial charge in [-0.05, 0) is 48.1 Å². The fourth-order valence-electron chi connectivity index (χ4n) is 6.02. The molecule has 41 heavy (non-hydrogen) atoms. The quantitative estimate of drug-likeness (QED) is 0.364. The van der Waals surface area contributed by atoms with Crippen LogP contribution in [0.1, 0.15) is 58.7 Å². The fourth-order valence-corrected chi connectivity index (χ4v) is 6.02. The molecule has 2 aliphatic heterocycles. The molecule has 1 saturated carbocycles. The first kappa shape index (κ1) is 25.6. The van der Waals surface area contributed by atoms with Crippen LogP contribution in [0.2, 0.25) is 0 Å². The third kappa shape index (κ3) is 4.22. The second kappa shape index (κ2) is 9.32. The van der Waals surface area contributed by atoms with E-state index in [0.717, 1.165) is 5.56 Å². The molecule has 11 heteroatoms. The number of nitrogens with zero attached hydrogens (tertiary/aromatic N) is 5. The number of hydrogen-bond donors (Lipinski definition) is 1. The van der Waals surface area contributed by atoms with Gasteiger partial charge < -0.3 is 14.9 Å². The van der Waals surface area contributed by atoms with E-state index in [1.807, 2.05) is 19.1 Å². The van der Waals surface area contributed by atoms with Crippen molar-refractivity contribution in [2.24, 2.45) is 5.92 Å². The zero-order valence-electron chi connectivity index (χ0n) is 22.0. The maximum Gasteiger partial charge on any atom is 0.307 e. The van der Waals surface area contributed by atoms with Crippen LogP contribution in [0, 0.1) is 11.7 Å². The first-order valence-electron chi connectivity index (χ1n) is 13.6. The van der Waals surface area contributed by atoms with Gasteiger partial charge in [0.05, 0.1) is 37.3 Å². The van der Waals surface area contributed by atoms with Crippen LogP contribution in [0.5, 0.6) is 0 Å². The Kier molecular flexibility index (Phi) is 5.81. The van der Waals surface area contributed by atoms with Gasteiger partial charge in [-0.2, -0.15) is 9.61 Å². The molecule has 0 bridgehead atoms. The van der Waals surface area contributed by atoms with E-state index in [0.29, 0.717) is 23.4 Å². The maximum atomic E-state index is 15.2. The van der Waals surface area contributed by atoms with Crippen LogP contribution in [0.15, 0.2) is 54.6 Å². The van der Waals surface area contributed by atoms with Gasteiger partial charge in [-0.1, -0.05) is 30.3 Å². The monoisotopic (exact) mass is 561 g/mol. The number of fused-ring (bicyclic) bond motifs is 2. The van der Waals surface area contributed by atoms with E-state index < -0.39 is 36.0 Å². The molecule has 1 aliphatic carbocycles. The molecule has 0 spiro atoms. The van der Waals surface area contributed by atoms with Crippen molar-refractivity contribution in [2.75, 3.05) is 24.5 Å². The van der Waals surface area contributed by atoms with Crippen LogP contribution >= 0.6 is 0 Å². The number of amides is 1. The highest BCUT2D eigenvalue weighted by Crippen LogP contribution is 2.48. The van der Waals surface area contributed by atoms with E-state index in [1.54, 1.807) is 35.2 Å². The molecule has 7 rings (SSSR count). The number of aromatic nitrogens is 3. The second-order valence-electron chi connectivity index (χ2n) is 11.1. The number of halogens is 3. The van der Waals surface area contributed by atoms with Gasteiger partial charge in [0.25, 0.3) is 5.91 Å². The van der Waals surface area contributed by atoms with Gasteiger partial charge in [0.15, 0.2) is 5.65 Å². The number of carboxylic acids is 1. The Balaban J connectivity index is 1.26. The van der Waals surface area contributed by atoms with Gasteiger partial charge in [0.2, 0.25) is 0 Å². The summed E-state index contributed by atoms with van der Waals surface area (Å²) in [6.45, 7) is 1.93. The number of anilines is 1. The molecule has 1 N–H and O–H groups in total. The smallest absolute Gasteiger partial charge is 0.307 e. The Morgan fingerprint density at radius 3 is 2.44 bits per heavy atom. The lowest BCUT2D eigenvalue weighted by molar-refractivity contribution is -0.138. The molecule has 210 valence electrons. The van der Waals surface area contributed by atoms with Crippen LogP contribution in [-0.4, -0.2) is 62.3 Å². The van der Waals surface area contributed by atoms with Crippen molar-refractivity contribution in [2.45, 2.75) is 37.6 Å². The van der Waals surface area contributed by atoms with E-state index in [2.05, 4.69) is 10.1 Å². The van der Waals surface area contributed by atoms with Crippen molar-refractivity contribution in [1.82, 2.24) is 19.5 Å². The first-order valence-corrected chi connectivity index (χ1v) is 13.6. The minimum absolute atomic E-state index is 0.0592. The van der Waals surface area contributed by atoms with E-state index >= 15 is 8.78 Å². The average Bonchev–Trinajstić information content (AvgIpc) is 3.64. The molecule has 2 aromatic heterocycles. The Morgan fingerprint density at radius 1 is 1.00 bits per heavy atom. The third-order valence-corrected chi connectivity index (χ3v) is 8.46. The van der Waals surface area contributed by atoms with Crippen LogP contribution < -0.4 is 4.90 Å². The van der Waals surface area contributed by atoms with E-state index in [9.17, 15) is 19.1 Å². The number of carbonyl (C=O) groups excluding carboxylic acids is 1. The first-order chi connectivity index (χ1) is 19.7. The molecule has 0 unspecified atom stereocenters. The zero-order valence-corrected chi connectivity index (χ0v) is 22.0. The van der Waals surface area contributed by atoms with Crippen molar-refractivity contribution in [3.8, 4) is 11.3 Å². The molecule has 4 atom stereocenters. The van der Waals surface area contributed by atoms with Crippen molar-refractivity contribution in [3.05, 3.63) is 82.8 Å². The van der Waals surface area contributed by atoms with Crippen molar-refractivity contribution in [3.63, 3.8) is 0 Å². The molecular formula is C30H26F3N5O3. The summed E-state index contributed by atoms with van der Waals surface area (Å²) < 4.78 is 45.6. The Bertz CT molecular complexity index is 1720. The molecule has 8 nitrogen and oxygen atoms in total. The third-order valence-electron chi connectivity index (χ3n) is 8.46. The normalized spacial score (nSPS) is 23.8. The number of alkyl halides is 2. The number of hydrogen-bond acceptors (Lipinski definition) is 5. The molecule has 2 fully saturated rings. The van der Waals surface area contributed by atoms with Crippen molar-refractivity contribution >= 4 is 23.3 Å². The predicted octanol–water partition coefficient (Wildman–Crippen LogP) is 5.11. The summed E-state index contributed by atoms with van der Waals surface area (Å²) in [5, 5.41) is 13.8. The molecule has 1 saturated heterocycles. The van der Waals surface area contributed by atoms with Gasteiger partial charge in [0, 0.05) is 17.7 Å². The number of aliphatic carboxylic acids is 1. The van der Waals surface area contributed by atoms with E-state index in [-0.39, 0.29) is 54.2 Å². The molecule has 3 aliphatic rings. The number of benzene rings is 2. The summed E-state index contributed by atoms with van der Waals surface area (Å²) >= 11 is 0. The predicted molar refractivity (Wildman–Crippen MR) is 144 cm³/mol. The summed E-state index contributed by atoms with van der Waals surface area (Å²) in [7, 11) is 0. The molecule has 1 amide bonds. The van der Waals surface area contributed by atoms with E-state index in [1.165, 1.54) is 21.5 Å². The van der Waals surface area contributed by atoms with Gasteiger partial charge in [-0.15, -0.1) is 0 Å². The molecule has 2 aromatic carbocycles. The molecule has 0 radical (unpaired) electrons. The Morgan fingerprint density at radius 2 is 1.76 bits per heavy atom. The zero-order chi connectivity index (χ0) is 28.6. The lowest BCUT2D eigenvalue weighted by Crippen LogP contribution is -2.49. The minimum Gasteiger partial charge on any atom is -0.481 e. The lowest BCUT2D eigenvalue weighted by Gasteiger charge is -2.38. The SMILES string of the molecule is C[C@@H]1c2ccccc2[C@@H](F)CN1C(=O)c1cc(N2CC(F)C2)n2nc(-c3ccc([C@H]4C[C@@H]4C(=O)O)cc3F)cc2n1. The summed E-state index contributed by atoms with van der Waals surface area (Å²) in [5.74, 6) is -2.20. The van der Waals surface area contributed by atoms with Crippen LogP contribution in [-0.2, 0) is 4.79 Å². The van der Waals surface area contributed by atoms with Gasteiger partial charge in [-0.3, -0.25) is 9.59 Å². The number of rotatable bonds is 5. The highest BCUT2D eigenvalue weighted by atomic mass is 19.1. The highest BCUT2D eigenvalue weighted by molar-refractivity contribution is 5.94. The molecular weight excluding hydrogens is 535 g/mol. The summed E-state index contributed by atoms with van der Waals surface area (Å²) in [6.07, 6.45) is -1.89. The van der Waals surface area contributed by atoms with Gasteiger partial charge in [0.1, 0.15) is 29.7 Å². The van der Waals surface area contributed by atoms with E-state index in [4.69, 9.17) is 0 Å². The lowest BCUT2D eigenvalue weighted by atomic mass is 9.92. The Hall–Kier alpha value is -4.41. The van der Waals surface area contributed by atoms with Gasteiger partial charge in [-0.25, -0.2) is 18.2 Å². The largest absolute Gasteiger partial charge is 0.481 e. The fraction of sp³-hybridized carbons (Fsp3) is 0.333. The highest BCUT2D eigenvalue weighted by Gasteiger charge is 2.44. The Labute approximate surface area is 233 Å². The van der Waals surface area contributed by atoms with Crippen LogP contribution in [0.25, 0.3) is 16.9 Å². The van der Waals surface area contributed by atoms with Crippen molar-refractivity contribution < 1.29 is 27.9 Å². The van der Waals surface area contributed by atoms with Crippen LogP contribution in [0.3, 0.4) is 0 Å². The van der Waals surface area contributed by atoms with Crippen molar-refractivity contribution in [1.29, 1.82) is 0 Å². The summed E-state index contributed by atoms with van der Waals surface area (Å²) in [6, 6.07) is 14.4.